The van der Waals surface area contributed by atoms with Crippen molar-refractivity contribution in [1.29, 1.82) is 0 Å². The lowest BCUT2D eigenvalue weighted by Crippen LogP contribution is -2.45. The summed E-state index contributed by atoms with van der Waals surface area (Å²) >= 11 is 0. The van der Waals surface area contributed by atoms with Gasteiger partial charge in [-0.05, 0) is 61.9 Å². The quantitative estimate of drug-likeness (QED) is 0.254. The molecular weight excluding hydrogens is 480 g/mol. The number of hydrogen-bond donors (Lipinski definition) is 1. The van der Waals surface area contributed by atoms with Crippen molar-refractivity contribution in [3.8, 4) is 17.2 Å². The third-order valence-corrected chi connectivity index (χ3v) is 17.7. The fraction of sp³-hybridized carbons (Fsp3) is 0.733. The van der Waals surface area contributed by atoms with E-state index >= 15 is 0 Å². The lowest BCUT2D eigenvalue weighted by atomic mass is 9.74. The number of methoxy groups -OCH3 is 1. The highest BCUT2D eigenvalue weighted by molar-refractivity contribution is 6.75. The van der Waals surface area contributed by atoms with E-state index in [2.05, 4.69) is 101 Å². The summed E-state index contributed by atoms with van der Waals surface area (Å²) in [5.74, 6) is 3.49. The Kier molecular flexibility index (Phi) is 9.34. The van der Waals surface area contributed by atoms with Crippen LogP contribution in [0.5, 0.6) is 17.2 Å². The van der Waals surface area contributed by atoms with E-state index in [1.165, 1.54) is 11.1 Å². The molecule has 0 unspecified atom stereocenters. The van der Waals surface area contributed by atoms with Gasteiger partial charge in [0.2, 0.25) is 0 Å². The summed E-state index contributed by atoms with van der Waals surface area (Å²) < 4.78 is 20.4. The summed E-state index contributed by atoms with van der Waals surface area (Å²) in [5, 5.41) is 9.68. The number of ether oxygens (including phenoxy) is 1. The molecule has 2 rings (SSSR count). The van der Waals surface area contributed by atoms with Crippen molar-refractivity contribution < 1.29 is 18.7 Å². The van der Waals surface area contributed by atoms with Gasteiger partial charge in [-0.1, -0.05) is 67.5 Å². The predicted molar refractivity (Wildman–Crippen MR) is 159 cm³/mol. The van der Waals surface area contributed by atoms with Crippen LogP contribution in [0.4, 0.5) is 0 Å². The first-order valence-corrected chi connectivity index (χ1v) is 19.5. The molecule has 0 aliphatic heterocycles. The predicted octanol–water partition coefficient (Wildman–Crippen LogP) is 8.94. The summed E-state index contributed by atoms with van der Waals surface area (Å²) in [7, 11) is -2.51. The fourth-order valence-corrected chi connectivity index (χ4v) is 6.57. The van der Waals surface area contributed by atoms with Crippen molar-refractivity contribution in [2.45, 2.75) is 123 Å². The average Bonchev–Trinajstić information content (AvgIpc) is 2.73. The molecule has 3 atom stereocenters. The molecule has 6 heteroatoms. The van der Waals surface area contributed by atoms with Crippen LogP contribution in [0.2, 0.25) is 36.3 Å². The number of rotatable bonds is 9. The van der Waals surface area contributed by atoms with Crippen molar-refractivity contribution in [2.75, 3.05) is 13.7 Å². The van der Waals surface area contributed by atoms with Crippen molar-refractivity contribution in [1.82, 2.24) is 0 Å². The highest BCUT2D eigenvalue weighted by atomic mass is 28.4. The minimum atomic E-state index is -2.14. The van der Waals surface area contributed by atoms with Gasteiger partial charge < -0.3 is 18.7 Å². The second-order valence-corrected chi connectivity index (χ2v) is 23.4. The molecule has 0 heterocycles. The first kappa shape index (κ1) is 31.0. The zero-order chi connectivity index (χ0) is 27.9. The Balaban J connectivity index is 2.93. The van der Waals surface area contributed by atoms with Crippen molar-refractivity contribution in [3.05, 3.63) is 28.8 Å². The van der Waals surface area contributed by atoms with E-state index < -0.39 is 16.6 Å². The summed E-state index contributed by atoms with van der Waals surface area (Å²) in [6, 6.07) is 0. The molecule has 1 aromatic rings. The zero-order valence-corrected chi connectivity index (χ0v) is 27.7. The molecule has 36 heavy (non-hydrogen) atoms. The molecule has 1 aliphatic carbocycles. The minimum Gasteiger partial charge on any atom is -0.543 e. The Morgan fingerprint density at radius 1 is 0.861 bits per heavy atom. The Morgan fingerprint density at radius 3 is 1.81 bits per heavy atom. The second kappa shape index (κ2) is 10.9. The molecule has 1 aromatic carbocycles. The molecule has 0 saturated carbocycles. The van der Waals surface area contributed by atoms with Gasteiger partial charge in [0.1, 0.15) is 5.75 Å². The third-order valence-electron chi connectivity index (χ3n) is 9.02. The number of fused-ring (bicyclic) bond motifs is 1. The van der Waals surface area contributed by atoms with E-state index in [4.69, 9.17) is 13.6 Å². The van der Waals surface area contributed by atoms with Crippen LogP contribution in [-0.2, 0) is 0 Å². The van der Waals surface area contributed by atoms with Gasteiger partial charge in [-0.25, -0.2) is 0 Å². The maximum Gasteiger partial charge on any atom is 0.250 e. The minimum absolute atomic E-state index is 0.0661. The van der Waals surface area contributed by atoms with Gasteiger partial charge in [0.05, 0.1) is 7.11 Å². The summed E-state index contributed by atoms with van der Waals surface area (Å²) in [5.41, 5.74) is 3.53. The van der Waals surface area contributed by atoms with E-state index in [9.17, 15) is 5.11 Å². The van der Waals surface area contributed by atoms with Gasteiger partial charge in [-0.2, -0.15) is 0 Å². The maximum absolute atomic E-state index is 9.54. The summed E-state index contributed by atoms with van der Waals surface area (Å²) in [4.78, 5) is 0. The van der Waals surface area contributed by atoms with E-state index in [0.29, 0.717) is 5.92 Å². The Morgan fingerprint density at radius 2 is 1.36 bits per heavy atom. The van der Waals surface area contributed by atoms with Gasteiger partial charge >= 0.3 is 0 Å². The smallest absolute Gasteiger partial charge is 0.250 e. The van der Waals surface area contributed by atoms with Crippen LogP contribution >= 0.6 is 0 Å². The molecule has 0 saturated heterocycles. The Hall–Kier alpha value is -1.25. The van der Waals surface area contributed by atoms with Crippen LogP contribution in [-0.4, -0.2) is 35.5 Å². The molecule has 0 bridgehead atoms. The van der Waals surface area contributed by atoms with Crippen molar-refractivity contribution in [2.24, 2.45) is 5.92 Å². The molecule has 4 nitrogen and oxygen atoms in total. The van der Waals surface area contributed by atoms with Crippen LogP contribution in [0.1, 0.15) is 96.8 Å². The first-order chi connectivity index (χ1) is 16.3. The Labute approximate surface area is 224 Å². The lowest BCUT2D eigenvalue weighted by Gasteiger charge is -2.42. The topological polar surface area (TPSA) is 47.9 Å². The largest absolute Gasteiger partial charge is 0.543 e. The van der Waals surface area contributed by atoms with Crippen LogP contribution in [0.25, 0.3) is 0 Å². The standard InChI is InChI=1S/C30H54O4Si2/c1-20(16-15-19-31)23-18-17-21(2)24-25(23)26(33-35(11,12)29(4,5)6)22(3)27(32-10)28(24)34-36(13,14)30(7,8)9/h17-18,20-21,23,31H,15-16,19H2,1-14H3/t20-,21-,23+/m0/s1. The van der Waals surface area contributed by atoms with Gasteiger partial charge in [0.25, 0.3) is 16.6 Å². The number of hydrogen-bond acceptors (Lipinski definition) is 4. The van der Waals surface area contributed by atoms with E-state index in [1.54, 1.807) is 7.11 Å². The summed E-state index contributed by atoms with van der Waals surface area (Å²) in [6.07, 6.45) is 6.46. The van der Waals surface area contributed by atoms with Gasteiger partial charge in [-0.15, -0.1) is 0 Å². The maximum atomic E-state index is 9.54. The number of allylic oxidation sites excluding steroid dienone is 2. The highest BCUT2D eigenvalue weighted by Gasteiger charge is 2.45. The van der Waals surface area contributed by atoms with Crippen molar-refractivity contribution >= 4 is 16.6 Å². The van der Waals surface area contributed by atoms with Crippen LogP contribution in [0.15, 0.2) is 12.2 Å². The van der Waals surface area contributed by atoms with Gasteiger partial charge in [0, 0.05) is 35.1 Å². The second-order valence-electron chi connectivity index (χ2n) is 13.9. The number of benzene rings is 1. The molecule has 0 aromatic heterocycles. The lowest BCUT2D eigenvalue weighted by molar-refractivity contribution is 0.270. The van der Waals surface area contributed by atoms with E-state index in [-0.39, 0.29) is 28.5 Å². The van der Waals surface area contributed by atoms with Crippen molar-refractivity contribution in [3.63, 3.8) is 0 Å². The molecule has 206 valence electrons. The molecule has 1 aliphatic rings. The SMILES string of the molecule is COc1c(C)c(O[Si](C)(C)C(C)(C)C)c2c(c1O[Si](C)(C)C(C)(C)C)[C@@H](C)C=C[C@@H]2[C@@H](C)CCCO. The molecule has 1 N–H and O–H groups in total. The number of aliphatic hydroxyl groups is 1. The van der Waals surface area contributed by atoms with Gasteiger partial charge in [0.15, 0.2) is 11.5 Å². The van der Waals surface area contributed by atoms with Crippen LogP contribution < -0.4 is 13.6 Å². The van der Waals surface area contributed by atoms with Crippen LogP contribution in [0, 0.1) is 12.8 Å². The third kappa shape index (κ3) is 6.07. The van der Waals surface area contributed by atoms with E-state index in [1.807, 2.05) is 0 Å². The Bertz CT molecular complexity index is 951. The fourth-order valence-electron chi connectivity index (χ4n) is 4.47. The molecule has 0 radical (unpaired) electrons. The van der Waals surface area contributed by atoms with Crippen LogP contribution in [0.3, 0.4) is 0 Å². The molecular formula is C30H54O4Si2. The van der Waals surface area contributed by atoms with Gasteiger partial charge in [-0.3, -0.25) is 0 Å². The molecule has 0 spiro atoms. The average molecular weight is 535 g/mol. The molecule has 0 fully saturated rings. The summed E-state index contributed by atoms with van der Waals surface area (Å²) in [6.45, 7) is 29.9. The monoisotopic (exact) mass is 534 g/mol. The zero-order valence-electron chi connectivity index (χ0n) is 25.7. The van der Waals surface area contributed by atoms with E-state index in [0.717, 1.165) is 35.7 Å². The highest BCUT2D eigenvalue weighted by Crippen LogP contribution is 2.56. The normalized spacial score (nSPS) is 19.6. The first-order valence-electron chi connectivity index (χ1n) is 13.7. The molecule has 0 amide bonds. The number of aliphatic hydroxyl groups excluding tert-OH is 1.